The lowest BCUT2D eigenvalue weighted by Crippen LogP contribution is -2.31. The maximum atomic E-state index is 13.2. The molecule has 1 atom stereocenters. The fraction of sp³-hybridized carbons (Fsp3) is 0.150. The monoisotopic (exact) mass is 413 g/mol. The van der Waals surface area contributed by atoms with Crippen LogP contribution in [0.3, 0.4) is 0 Å². The van der Waals surface area contributed by atoms with Crippen molar-refractivity contribution < 1.29 is 14.3 Å². The number of carbonyl (C=O) groups excluding carboxylic acids is 2. The van der Waals surface area contributed by atoms with Crippen LogP contribution in [-0.2, 0) is 16.0 Å². The summed E-state index contributed by atoms with van der Waals surface area (Å²) in [5.74, 6) is -0.604. The second kappa shape index (κ2) is 8.38. The molecule has 1 unspecified atom stereocenters. The quantitative estimate of drug-likeness (QED) is 0.599. The van der Waals surface area contributed by atoms with Crippen LogP contribution in [0.15, 0.2) is 59.1 Å². The van der Waals surface area contributed by atoms with E-state index in [0.29, 0.717) is 22.9 Å². The van der Waals surface area contributed by atoms with Crippen LogP contribution in [0.5, 0.6) is 5.75 Å². The number of thioether (sulfide) groups is 1. The van der Waals surface area contributed by atoms with Crippen LogP contribution in [0.4, 0.5) is 5.69 Å². The van der Waals surface area contributed by atoms with Crippen LogP contribution in [0.2, 0.25) is 5.02 Å². The molecule has 2 amide bonds. The van der Waals surface area contributed by atoms with Crippen molar-refractivity contribution in [2.45, 2.75) is 11.7 Å². The van der Waals surface area contributed by atoms with Gasteiger partial charge >= 0.3 is 0 Å². The fourth-order valence-corrected chi connectivity index (χ4v) is 4.36. The Morgan fingerprint density at radius 1 is 1.32 bits per heavy atom. The van der Waals surface area contributed by atoms with E-state index in [9.17, 15) is 14.9 Å². The zero-order valence-electron chi connectivity index (χ0n) is 14.9. The van der Waals surface area contributed by atoms with Gasteiger partial charge in [0, 0.05) is 11.1 Å². The Bertz CT molecular complexity index is 1020. The van der Waals surface area contributed by atoms with Gasteiger partial charge in [-0.2, -0.15) is 5.26 Å². The molecule has 0 bridgehead atoms. The largest absolute Gasteiger partial charge is 0.497 e. The second-order valence-electron chi connectivity index (χ2n) is 5.93. The lowest BCUT2D eigenvalue weighted by Gasteiger charge is -2.19. The number of halogens is 1. The number of carbonyl (C=O) groups is 2. The molecule has 1 saturated heterocycles. The predicted molar refractivity (Wildman–Crippen MR) is 109 cm³/mol. The third kappa shape index (κ3) is 3.84. The van der Waals surface area contributed by atoms with E-state index in [1.165, 1.54) is 12.0 Å². The molecule has 1 heterocycles. The smallest absolute Gasteiger partial charge is 0.262 e. The first-order valence-corrected chi connectivity index (χ1v) is 9.54. The third-order valence-corrected chi connectivity index (χ3v) is 5.83. The molecule has 8 heteroatoms. The molecule has 28 heavy (non-hydrogen) atoms. The number of ether oxygens (including phenoxy) is 1. The molecule has 3 rings (SSSR count). The van der Waals surface area contributed by atoms with Crippen molar-refractivity contribution >= 4 is 40.9 Å². The molecule has 0 aliphatic carbocycles. The number of nitrogens with two attached hydrogens (primary N) is 1. The summed E-state index contributed by atoms with van der Waals surface area (Å²) in [4.78, 5) is 26.3. The Morgan fingerprint density at radius 2 is 2.07 bits per heavy atom. The van der Waals surface area contributed by atoms with Gasteiger partial charge in [0.25, 0.3) is 5.91 Å². The molecular formula is C20H16ClN3O3S. The van der Waals surface area contributed by atoms with Crippen LogP contribution in [0.1, 0.15) is 5.56 Å². The number of nitrogens with zero attached hydrogens (tertiary/aromatic N) is 2. The van der Waals surface area contributed by atoms with E-state index in [1.807, 2.05) is 24.3 Å². The number of rotatable bonds is 5. The van der Waals surface area contributed by atoms with E-state index in [-0.39, 0.29) is 16.5 Å². The zero-order valence-corrected chi connectivity index (χ0v) is 16.5. The molecule has 0 saturated carbocycles. The molecule has 1 aliphatic heterocycles. The third-order valence-electron chi connectivity index (χ3n) is 4.20. The maximum absolute atomic E-state index is 13.2. The number of anilines is 1. The van der Waals surface area contributed by atoms with Crippen LogP contribution >= 0.6 is 23.4 Å². The van der Waals surface area contributed by atoms with Crippen LogP contribution in [-0.4, -0.2) is 24.2 Å². The normalized spacial score (nSPS) is 18.0. The summed E-state index contributed by atoms with van der Waals surface area (Å²) in [6.07, 6.45) is 0.352. The minimum absolute atomic E-state index is 0.213. The number of hydrogen-bond donors (Lipinski definition) is 1. The fourth-order valence-electron chi connectivity index (χ4n) is 2.85. The van der Waals surface area contributed by atoms with E-state index >= 15 is 0 Å². The number of hydrogen-bond acceptors (Lipinski definition) is 5. The topological polar surface area (TPSA) is 96.4 Å². The van der Waals surface area contributed by atoms with Gasteiger partial charge in [-0.3, -0.25) is 14.5 Å². The van der Waals surface area contributed by atoms with Gasteiger partial charge in [-0.25, -0.2) is 0 Å². The summed E-state index contributed by atoms with van der Waals surface area (Å²) >= 11 is 7.36. The van der Waals surface area contributed by atoms with Gasteiger partial charge in [0.1, 0.15) is 22.4 Å². The average molecular weight is 414 g/mol. The minimum Gasteiger partial charge on any atom is -0.497 e. The number of nitriles is 1. The zero-order chi connectivity index (χ0) is 20.3. The highest BCUT2D eigenvalue weighted by molar-refractivity contribution is 8.05. The van der Waals surface area contributed by atoms with Crippen molar-refractivity contribution in [2.24, 2.45) is 5.73 Å². The standard InChI is InChI=1S/C20H16ClN3O3S/c1-27-14-7-4-6-13(10-14)24-19(26)17(9-12-5-2-3-8-16(12)21)28-20(24)15(11-22)18(23)25/h2-8,10,17H,9H2,1H3,(H2,23,25). The molecule has 2 aromatic carbocycles. The van der Waals surface area contributed by atoms with Gasteiger partial charge in [0.15, 0.2) is 0 Å². The van der Waals surface area contributed by atoms with Gasteiger partial charge in [-0.05, 0) is 30.2 Å². The Kier molecular flexibility index (Phi) is 5.93. The van der Waals surface area contributed by atoms with E-state index in [4.69, 9.17) is 22.1 Å². The van der Waals surface area contributed by atoms with E-state index < -0.39 is 11.2 Å². The Balaban J connectivity index is 2.06. The van der Waals surface area contributed by atoms with Gasteiger partial charge < -0.3 is 10.5 Å². The number of primary amides is 1. The van der Waals surface area contributed by atoms with E-state index in [2.05, 4.69) is 0 Å². The minimum atomic E-state index is -0.885. The predicted octanol–water partition coefficient (Wildman–Crippen LogP) is 3.26. The summed E-state index contributed by atoms with van der Waals surface area (Å²) < 4.78 is 5.22. The molecule has 0 spiro atoms. The summed E-state index contributed by atoms with van der Waals surface area (Å²) in [6.45, 7) is 0. The molecule has 6 nitrogen and oxygen atoms in total. The Hall–Kier alpha value is -2.95. The maximum Gasteiger partial charge on any atom is 0.262 e. The van der Waals surface area contributed by atoms with Crippen LogP contribution in [0, 0.1) is 11.3 Å². The molecule has 0 aromatic heterocycles. The molecular weight excluding hydrogens is 398 g/mol. The lowest BCUT2D eigenvalue weighted by atomic mass is 10.1. The van der Waals surface area contributed by atoms with Crippen molar-refractivity contribution in [2.75, 3.05) is 12.0 Å². The second-order valence-corrected chi connectivity index (χ2v) is 7.53. The van der Waals surface area contributed by atoms with Crippen molar-refractivity contribution in [3.05, 3.63) is 69.7 Å². The van der Waals surface area contributed by atoms with Crippen molar-refractivity contribution in [3.8, 4) is 11.8 Å². The van der Waals surface area contributed by atoms with Gasteiger partial charge in [0.05, 0.1) is 18.0 Å². The first kappa shape index (κ1) is 19.8. The van der Waals surface area contributed by atoms with E-state index in [1.54, 1.807) is 30.3 Å². The number of benzene rings is 2. The lowest BCUT2D eigenvalue weighted by molar-refractivity contribution is -0.117. The highest BCUT2D eigenvalue weighted by atomic mass is 35.5. The molecule has 2 N–H and O–H groups in total. The van der Waals surface area contributed by atoms with Crippen LogP contribution < -0.4 is 15.4 Å². The van der Waals surface area contributed by atoms with Gasteiger partial charge in [0.2, 0.25) is 5.91 Å². The molecule has 142 valence electrons. The summed E-state index contributed by atoms with van der Waals surface area (Å²) in [7, 11) is 1.51. The number of amides is 2. The van der Waals surface area contributed by atoms with Gasteiger partial charge in [-0.15, -0.1) is 0 Å². The number of methoxy groups -OCH3 is 1. The molecule has 0 radical (unpaired) electrons. The van der Waals surface area contributed by atoms with Crippen molar-refractivity contribution in [1.29, 1.82) is 5.26 Å². The SMILES string of the molecule is COc1cccc(N2C(=O)C(Cc3ccccc3Cl)SC2=C(C#N)C(N)=O)c1. The first-order valence-electron chi connectivity index (χ1n) is 8.28. The summed E-state index contributed by atoms with van der Waals surface area (Å²) in [5.41, 5.74) is 6.41. The Labute approximate surface area is 171 Å². The molecule has 1 aliphatic rings. The van der Waals surface area contributed by atoms with Crippen molar-refractivity contribution in [3.63, 3.8) is 0 Å². The average Bonchev–Trinajstić information content (AvgIpc) is 3.00. The summed E-state index contributed by atoms with van der Waals surface area (Å²) in [6, 6.07) is 15.9. The Morgan fingerprint density at radius 3 is 2.71 bits per heavy atom. The van der Waals surface area contributed by atoms with Crippen LogP contribution in [0.25, 0.3) is 0 Å². The van der Waals surface area contributed by atoms with Gasteiger partial charge in [-0.1, -0.05) is 47.6 Å². The molecule has 1 fully saturated rings. The first-order chi connectivity index (χ1) is 13.5. The highest BCUT2D eigenvalue weighted by Crippen LogP contribution is 2.42. The highest BCUT2D eigenvalue weighted by Gasteiger charge is 2.40. The van der Waals surface area contributed by atoms with Crippen molar-refractivity contribution in [1.82, 2.24) is 0 Å². The van der Waals surface area contributed by atoms with E-state index in [0.717, 1.165) is 17.3 Å². The summed E-state index contributed by atoms with van der Waals surface area (Å²) in [5, 5.41) is 9.64. The molecule has 2 aromatic rings.